The average Bonchev–Trinajstić information content (AvgIpc) is 2.69. The zero-order valence-corrected chi connectivity index (χ0v) is 15.7. The second-order valence-electron chi connectivity index (χ2n) is 6.38. The summed E-state index contributed by atoms with van der Waals surface area (Å²) in [6.45, 7) is 2.29. The lowest BCUT2D eigenvalue weighted by Gasteiger charge is -2.23. The Morgan fingerprint density at radius 1 is 0.821 bits per heavy atom. The van der Waals surface area contributed by atoms with Crippen molar-refractivity contribution in [3.8, 4) is 5.75 Å². The van der Waals surface area contributed by atoms with Crippen molar-refractivity contribution in [2.24, 2.45) is 0 Å². The highest BCUT2D eigenvalue weighted by Crippen LogP contribution is 2.19. The number of amides is 2. The summed E-state index contributed by atoms with van der Waals surface area (Å²) in [4.78, 5) is 25.8. The average molecular weight is 374 g/mol. The number of carbonyl (C=O) groups excluding carboxylic acids is 2. The molecule has 3 aromatic rings. The number of nitrogens with zero attached hydrogens (tertiary/aromatic N) is 1. The maximum atomic E-state index is 13.0. The molecule has 0 heterocycles. The number of carbonyl (C=O) groups is 2. The summed E-state index contributed by atoms with van der Waals surface area (Å²) in [5.41, 5.74) is 2.65. The third kappa shape index (κ3) is 5.71. The lowest BCUT2D eigenvalue weighted by Crippen LogP contribution is -2.34. The third-order valence-electron chi connectivity index (χ3n) is 4.07. The maximum Gasteiger partial charge on any atom is 0.322 e. The van der Waals surface area contributed by atoms with Crippen molar-refractivity contribution in [1.82, 2.24) is 4.90 Å². The summed E-state index contributed by atoms with van der Waals surface area (Å²) in [6, 6.07) is 26.2. The Hall–Kier alpha value is -3.60. The van der Waals surface area contributed by atoms with Gasteiger partial charge in [-0.1, -0.05) is 66.7 Å². The van der Waals surface area contributed by atoms with E-state index < -0.39 is 5.97 Å². The molecular formula is C23H22N2O3. The molecule has 28 heavy (non-hydrogen) atoms. The number of hydrogen-bond donors (Lipinski definition) is 1. The largest absolute Gasteiger partial charge is 0.427 e. The van der Waals surface area contributed by atoms with Crippen LogP contribution in [-0.2, 0) is 17.9 Å². The summed E-state index contributed by atoms with van der Waals surface area (Å²) in [6.07, 6.45) is 0. The van der Waals surface area contributed by atoms with Crippen LogP contribution in [0.2, 0.25) is 0 Å². The number of hydrogen-bond acceptors (Lipinski definition) is 3. The summed E-state index contributed by atoms with van der Waals surface area (Å²) in [7, 11) is 0. The van der Waals surface area contributed by atoms with Crippen LogP contribution < -0.4 is 10.1 Å². The van der Waals surface area contributed by atoms with Crippen molar-refractivity contribution in [2.75, 3.05) is 5.32 Å². The van der Waals surface area contributed by atoms with E-state index >= 15 is 0 Å². The number of nitrogens with one attached hydrogen (secondary N) is 1. The molecule has 0 aromatic heterocycles. The second-order valence-corrected chi connectivity index (χ2v) is 6.38. The second kappa shape index (κ2) is 9.37. The molecule has 0 aliphatic carbocycles. The predicted molar refractivity (Wildman–Crippen MR) is 109 cm³/mol. The molecule has 5 nitrogen and oxygen atoms in total. The smallest absolute Gasteiger partial charge is 0.322 e. The van der Waals surface area contributed by atoms with Gasteiger partial charge in [0.25, 0.3) is 0 Å². The van der Waals surface area contributed by atoms with E-state index in [1.165, 1.54) is 6.92 Å². The van der Waals surface area contributed by atoms with Gasteiger partial charge in [0.15, 0.2) is 0 Å². The number of urea groups is 1. The highest BCUT2D eigenvalue weighted by atomic mass is 16.5. The molecule has 0 saturated carbocycles. The zero-order chi connectivity index (χ0) is 19.8. The molecule has 5 heteroatoms. The Morgan fingerprint density at radius 2 is 1.39 bits per heavy atom. The highest BCUT2D eigenvalue weighted by Gasteiger charge is 2.15. The molecule has 0 spiro atoms. The van der Waals surface area contributed by atoms with Gasteiger partial charge >= 0.3 is 12.0 Å². The van der Waals surface area contributed by atoms with Gasteiger partial charge in [0.05, 0.1) is 0 Å². The standard InChI is InChI=1S/C23H22N2O3/c1-18(26)28-22-14-8-13-21(15-22)24-23(27)25(16-19-9-4-2-5-10-19)17-20-11-6-3-7-12-20/h2-15H,16-17H2,1H3,(H,24,27). The first-order valence-corrected chi connectivity index (χ1v) is 9.02. The lowest BCUT2D eigenvalue weighted by molar-refractivity contribution is -0.131. The van der Waals surface area contributed by atoms with Gasteiger partial charge in [0, 0.05) is 31.8 Å². The maximum absolute atomic E-state index is 13.0. The van der Waals surface area contributed by atoms with Gasteiger partial charge < -0.3 is 15.0 Å². The van der Waals surface area contributed by atoms with Crippen LogP contribution in [0.5, 0.6) is 5.75 Å². The number of ether oxygens (including phenoxy) is 1. The fourth-order valence-corrected chi connectivity index (χ4v) is 2.81. The van der Waals surface area contributed by atoms with Crippen molar-refractivity contribution in [2.45, 2.75) is 20.0 Å². The zero-order valence-electron chi connectivity index (χ0n) is 15.7. The van der Waals surface area contributed by atoms with E-state index in [1.54, 1.807) is 29.2 Å². The van der Waals surface area contributed by atoms with Gasteiger partial charge in [0.1, 0.15) is 5.75 Å². The predicted octanol–water partition coefficient (Wildman–Crippen LogP) is 4.85. The molecule has 3 rings (SSSR count). The van der Waals surface area contributed by atoms with E-state index in [9.17, 15) is 9.59 Å². The molecule has 0 unspecified atom stereocenters. The topological polar surface area (TPSA) is 58.6 Å². The molecule has 1 N–H and O–H groups in total. The van der Waals surface area contributed by atoms with E-state index in [2.05, 4.69) is 5.32 Å². The summed E-state index contributed by atoms with van der Waals surface area (Å²) >= 11 is 0. The first kappa shape index (κ1) is 19.2. The van der Waals surface area contributed by atoms with Crippen LogP contribution in [0.1, 0.15) is 18.1 Å². The van der Waals surface area contributed by atoms with Gasteiger partial charge in [-0.05, 0) is 23.3 Å². The van der Waals surface area contributed by atoms with Crippen molar-refractivity contribution in [3.05, 3.63) is 96.1 Å². The SMILES string of the molecule is CC(=O)Oc1cccc(NC(=O)N(Cc2ccccc2)Cc2ccccc2)c1. The van der Waals surface area contributed by atoms with Crippen molar-refractivity contribution in [1.29, 1.82) is 0 Å². The van der Waals surface area contributed by atoms with Gasteiger partial charge in [0.2, 0.25) is 0 Å². The Balaban J connectivity index is 1.76. The minimum absolute atomic E-state index is 0.229. The molecule has 0 aliphatic rings. The molecule has 142 valence electrons. The minimum Gasteiger partial charge on any atom is -0.427 e. The number of benzene rings is 3. The van der Waals surface area contributed by atoms with E-state index in [0.717, 1.165) is 11.1 Å². The number of rotatable bonds is 6. The van der Waals surface area contributed by atoms with Gasteiger partial charge in [-0.25, -0.2) is 4.79 Å². The van der Waals surface area contributed by atoms with Crippen LogP contribution in [0.15, 0.2) is 84.9 Å². The third-order valence-corrected chi connectivity index (χ3v) is 4.07. The van der Waals surface area contributed by atoms with Gasteiger partial charge in [-0.2, -0.15) is 0 Å². The molecule has 0 aliphatic heterocycles. The molecule has 0 radical (unpaired) electrons. The Bertz CT molecular complexity index is 885. The van der Waals surface area contributed by atoms with Crippen LogP contribution in [0.4, 0.5) is 10.5 Å². The summed E-state index contributed by atoms with van der Waals surface area (Å²) in [5, 5.41) is 2.89. The summed E-state index contributed by atoms with van der Waals surface area (Å²) < 4.78 is 5.08. The molecule has 0 saturated heterocycles. The van der Waals surface area contributed by atoms with Gasteiger partial charge in [-0.15, -0.1) is 0 Å². The van der Waals surface area contributed by atoms with Crippen LogP contribution in [0.25, 0.3) is 0 Å². The fourth-order valence-electron chi connectivity index (χ4n) is 2.81. The van der Waals surface area contributed by atoms with Crippen LogP contribution in [0.3, 0.4) is 0 Å². The molecule has 0 bridgehead atoms. The molecule has 0 fully saturated rings. The van der Waals surface area contributed by atoms with Crippen LogP contribution in [0, 0.1) is 0 Å². The normalized spacial score (nSPS) is 10.2. The summed E-state index contributed by atoms with van der Waals surface area (Å²) in [5.74, 6) is -0.0128. The van der Waals surface area contributed by atoms with Gasteiger partial charge in [-0.3, -0.25) is 4.79 Å². The monoisotopic (exact) mass is 374 g/mol. The van der Waals surface area contributed by atoms with E-state index in [4.69, 9.17) is 4.74 Å². The molecule has 0 atom stereocenters. The number of anilines is 1. The van der Waals surface area contributed by atoms with Crippen molar-refractivity contribution < 1.29 is 14.3 Å². The van der Waals surface area contributed by atoms with E-state index in [1.807, 2.05) is 60.7 Å². The Morgan fingerprint density at radius 3 is 1.93 bits per heavy atom. The van der Waals surface area contributed by atoms with E-state index in [-0.39, 0.29) is 6.03 Å². The Labute approximate surface area is 164 Å². The molecule has 2 amide bonds. The number of esters is 1. The molecular weight excluding hydrogens is 352 g/mol. The van der Waals surface area contributed by atoms with E-state index in [0.29, 0.717) is 24.5 Å². The minimum atomic E-state index is -0.404. The molecule has 3 aromatic carbocycles. The Kier molecular flexibility index (Phi) is 6.41. The quantitative estimate of drug-likeness (QED) is 0.496. The first-order chi connectivity index (χ1) is 13.6. The van der Waals surface area contributed by atoms with Crippen molar-refractivity contribution >= 4 is 17.7 Å². The lowest BCUT2D eigenvalue weighted by atomic mass is 10.2. The van der Waals surface area contributed by atoms with Crippen LogP contribution >= 0.6 is 0 Å². The first-order valence-electron chi connectivity index (χ1n) is 9.02. The highest BCUT2D eigenvalue weighted by molar-refractivity contribution is 5.89. The van der Waals surface area contributed by atoms with Crippen LogP contribution in [-0.4, -0.2) is 16.9 Å². The van der Waals surface area contributed by atoms with Crippen molar-refractivity contribution in [3.63, 3.8) is 0 Å². The fraction of sp³-hybridized carbons (Fsp3) is 0.130.